The zero-order chi connectivity index (χ0) is 20.4. The number of amides is 1. The number of rotatable bonds is 6. The quantitative estimate of drug-likeness (QED) is 0.636. The molecule has 3 heterocycles. The van der Waals surface area contributed by atoms with Gasteiger partial charge in [0.25, 0.3) is 11.5 Å². The molecule has 0 saturated heterocycles. The highest BCUT2D eigenvalue weighted by Crippen LogP contribution is 2.29. The molecule has 3 aromatic rings. The number of methoxy groups -OCH3 is 1. The van der Waals surface area contributed by atoms with Crippen molar-refractivity contribution in [1.29, 1.82) is 0 Å². The Balaban J connectivity index is 1.50. The number of benzene rings is 1. The predicted molar refractivity (Wildman–Crippen MR) is 102 cm³/mol. The molecule has 1 aromatic carbocycles. The maximum atomic E-state index is 12.9. The number of nitrogens with zero attached hydrogens (tertiary/aromatic N) is 4. The summed E-state index contributed by atoms with van der Waals surface area (Å²) in [5.41, 5.74) is 1.44. The summed E-state index contributed by atoms with van der Waals surface area (Å²) >= 11 is 0. The number of ether oxygens (including phenoxy) is 2. The van der Waals surface area contributed by atoms with Gasteiger partial charge in [-0.05, 0) is 42.0 Å². The number of fused-ring (bicyclic) bond motifs is 1. The predicted octanol–water partition coefficient (Wildman–Crippen LogP) is 2.31. The van der Waals surface area contributed by atoms with Gasteiger partial charge in [0.15, 0.2) is 12.6 Å². The van der Waals surface area contributed by atoms with Crippen molar-refractivity contribution in [1.82, 2.24) is 14.8 Å². The van der Waals surface area contributed by atoms with Gasteiger partial charge in [0.1, 0.15) is 18.1 Å². The van der Waals surface area contributed by atoms with Gasteiger partial charge in [0, 0.05) is 11.6 Å². The lowest BCUT2D eigenvalue weighted by atomic mass is 10.1. The molecule has 0 bridgehead atoms. The second-order valence-electron chi connectivity index (χ2n) is 6.34. The van der Waals surface area contributed by atoms with Crippen LogP contribution in [0.4, 0.5) is 10.2 Å². The van der Waals surface area contributed by atoms with Crippen LogP contribution < -0.4 is 19.9 Å². The van der Waals surface area contributed by atoms with E-state index < -0.39 is 12.4 Å². The third-order valence-corrected chi connectivity index (χ3v) is 4.54. The Morgan fingerprint density at radius 3 is 2.66 bits per heavy atom. The lowest BCUT2D eigenvalue weighted by molar-refractivity contribution is 0.0995. The minimum absolute atomic E-state index is 0.216. The van der Waals surface area contributed by atoms with Crippen LogP contribution in [-0.4, -0.2) is 27.8 Å². The molecular formula is C20H17FN4O4. The van der Waals surface area contributed by atoms with E-state index in [1.165, 1.54) is 17.0 Å². The molecule has 0 aliphatic carbocycles. The first-order chi connectivity index (χ1) is 14.1. The Bertz CT molecular complexity index is 1110. The van der Waals surface area contributed by atoms with Gasteiger partial charge in [-0.25, -0.2) is 4.39 Å². The molecule has 2 aromatic heterocycles. The van der Waals surface area contributed by atoms with Crippen molar-refractivity contribution in [2.24, 2.45) is 0 Å². The maximum absolute atomic E-state index is 12.9. The van der Waals surface area contributed by atoms with Crippen molar-refractivity contribution in [3.63, 3.8) is 0 Å². The van der Waals surface area contributed by atoms with Gasteiger partial charge < -0.3 is 9.47 Å². The summed E-state index contributed by atoms with van der Waals surface area (Å²) in [6.07, 6.45) is 1.61. The van der Waals surface area contributed by atoms with Gasteiger partial charge in [0.05, 0.1) is 25.5 Å². The van der Waals surface area contributed by atoms with Gasteiger partial charge in [-0.1, -0.05) is 0 Å². The molecule has 9 heteroatoms. The molecule has 4 rings (SSSR count). The zero-order valence-corrected chi connectivity index (χ0v) is 15.5. The highest BCUT2D eigenvalue weighted by atomic mass is 19.1. The molecule has 0 unspecified atom stereocenters. The van der Waals surface area contributed by atoms with Gasteiger partial charge in [-0.3, -0.25) is 19.5 Å². The molecular weight excluding hydrogens is 379 g/mol. The van der Waals surface area contributed by atoms with Gasteiger partial charge in [-0.15, -0.1) is 5.10 Å². The fourth-order valence-corrected chi connectivity index (χ4v) is 3.01. The highest BCUT2D eigenvalue weighted by Gasteiger charge is 2.30. The van der Waals surface area contributed by atoms with Crippen LogP contribution in [0.5, 0.6) is 11.5 Å². The summed E-state index contributed by atoms with van der Waals surface area (Å²) in [7, 11) is 1.57. The Morgan fingerprint density at radius 1 is 1.10 bits per heavy atom. The van der Waals surface area contributed by atoms with E-state index >= 15 is 0 Å². The molecule has 0 fully saturated rings. The average molecular weight is 396 g/mol. The Morgan fingerprint density at radius 2 is 1.93 bits per heavy atom. The molecule has 0 atom stereocenters. The first-order valence-electron chi connectivity index (χ1n) is 8.79. The van der Waals surface area contributed by atoms with Crippen LogP contribution in [0.1, 0.15) is 21.6 Å². The smallest absolute Gasteiger partial charge is 0.269 e. The van der Waals surface area contributed by atoms with Crippen molar-refractivity contribution in [2.75, 3.05) is 12.0 Å². The van der Waals surface area contributed by atoms with E-state index in [2.05, 4.69) is 10.1 Å². The molecule has 1 amide bonds. The average Bonchev–Trinajstić information content (AvgIpc) is 3.09. The second kappa shape index (κ2) is 7.70. The maximum Gasteiger partial charge on any atom is 0.269 e. The molecule has 0 N–H and O–H groups in total. The molecule has 0 spiro atoms. The SMILES string of the molecule is COc1ccc(COc2ccc3c(c2)CN(c2ccc(=O)n(CF)n2)C3=O)nc1. The first-order valence-corrected chi connectivity index (χ1v) is 8.79. The third kappa shape index (κ3) is 3.66. The van der Waals surface area contributed by atoms with E-state index in [1.807, 2.05) is 6.07 Å². The van der Waals surface area contributed by atoms with E-state index in [-0.39, 0.29) is 24.9 Å². The number of hydrogen-bond acceptors (Lipinski definition) is 6. The molecule has 1 aliphatic heterocycles. The van der Waals surface area contributed by atoms with Crippen LogP contribution >= 0.6 is 0 Å². The number of carbonyl (C=O) groups is 1. The van der Waals surface area contributed by atoms with Crippen LogP contribution in [0.15, 0.2) is 53.5 Å². The molecule has 148 valence electrons. The summed E-state index contributed by atoms with van der Waals surface area (Å²) in [5.74, 6) is 1.21. The number of hydrogen-bond donors (Lipinski definition) is 0. The summed E-state index contributed by atoms with van der Waals surface area (Å²) in [6, 6.07) is 11.4. The largest absolute Gasteiger partial charge is 0.495 e. The zero-order valence-electron chi connectivity index (χ0n) is 15.5. The number of halogens is 1. The number of aromatic nitrogens is 3. The van der Waals surface area contributed by atoms with Crippen LogP contribution in [0, 0.1) is 0 Å². The van der Waals surface area contributed by atoms with E-state index in [4.69, 9.17) is 9.47 Å². The lowest BCUT2D eigenvalue weighted by Gasteiger charge is -2.14. The van der Waals surface area contributed by atoms with Crippen LogP contribution in [0.2, 0.25) is 0 Å². The minimum Gasteiger partial charge on any atom is -0.495 e. The van der Waals surface area contributed by atoms with Crippen molar-refractivity contribution >= 4 is 11.7 Å². The van der Waals surface area contributed by atoms with Crippen molar-refractivity contribution < 1.29 is 18.7 Å². The van der Waals surface area contributed by atoms with Crippen LogP contribution in [0.25, 0.3) is 0 Å². The van der Waals surface area contributed by atoms with Crippen molar-refractivity contribution in [3.8, 4) is 11.5 Å². The highest BCUT2D eigenvalue weighted by molar-refractivity contribution is 6.09. The van der Waals surface area contributed by atoms with E-state index in [1.54, 1.807) is 37.6 Å². The molecule has 0 radical (unpaired) electrons. The fraction of sp³-hybridized carbons (Fsp3) is 0.200. The molecule has 8 nitrogen and oxygen atoms in total. The molecule has 0 saturated carbocycles. The van der Waals surface area contributed by atoms with E-state index in [0.717, 1.165) is 11.3 Å². The molecule has 1 aliphatic rings. The normalized spacial score (nSPS) is 12.8. The summed E-state index contributed by atoms with van der Waals surface area (Å²) in [6.45, 7) is -0.536. The Kier molecular flexibility index (Phi) is 4.94. The lowest BCUT2D eigenvalue weighted by Crippen LogP contribution is -2.28. The summed E-state index contributed by atoms with van der Waals surface area (Å²) < 4.78 is 24.4. The monoisotopic (exact) mass is 396 g/mol. The number of alkyl halides is 1. The van der Waals surface area contributed by atoms with Crippen molar-refractivity contribution in [3.05, 3.63) is 75.8 Å². The Labute approximate surface area is 165 Å². The number of anilines is 1. The summed E-state index contributed by atoms with van der Waals surface area (Å²) in [5, 5.41) is 3.90. The van der Waals surface area contributed by atoms with Gasteiger partial charge >= 0.3 is 0 Å². The van der Waals surface area contributed by atoms with Gasteiger partial charge in [-0.2, -0.15) is 4.68 Å². The molecule has 29 heavy (non-hydrogen) atoms. The standard InChI is InChI=1S/C20H17FN4O4/c1-28-16-3-2-14(22-9-16)11-29-15-4-5-17-13(8-15)10-24(20(17)27)18-6-7-19(26)25(12-21)23-18/h2-9H,10-12H2,1H3. The third-order valence-electron chi connectivity index (χ3n) is 4.54. The van der Waals surface area contributed by atoms with E-state index in [0.29, 0.717) is 21.7 Å². The van der Waals surface area contributed by atoms with E-state index in [9.17, 15) is 14.0 Å². The first kappa shape index (κ1) is 18.6. The fourth-order valence-electron chi connectivity index (χ4n) is 3.01. The topological polar surface area (TPSA) is 86.5 Å². The van der Waals surface area contributed by atoms with Crippen LogP contribution in [0.3, 0.4) is 0 Å². The number of carbonyl (C=O) groups excluding carboxylic acids is 1. The second-order valence-corrected chi connectivity index (χ2v) is 6.34. The van der Waals surface area contributed by atoms with Crippen LogP contribution in [-0.2, 0) is 20.0 Å². The number of pyridine rings is 1. The van der Waals surface area contributed by atoms with Crippen molar-refractivity contribution in [2.45, 2.75) is 20.0 Å². The Hall–Kier alpha value is -3.75. The van der Waals surface area contributed by atoms with Gasteiger partial charge in [0.2, 0.25) is 0 Å². The summed E-state index contributed by atoms with van der Waals surface area (Å²) in [4.78, 5) is 29.8. The minimum atomic E-state index is -1.06.